The number of nitrogens with zero attached hydrogens (tertiary/aromatic N) is 3. The van der Waals surface area contributed by atoms with Crippen LogP contribution in [-0.2, 0) is 7.05 Å². The minimum atomic E-state index is 0.0788. The summed E-state index contributed by atoms with van der Waals surface area (Å²) in [7, 11) is 6.28. The Morgan fingerprint density at radius 3 is 2.79 bits per heavy atom. The number of hydrazine groups is 1. The minimum absolute atomic E-state index is 0.0788. The highest BCUT2D eigenvalue weighted by atomic mass is 15.3. The Balaban J connectivity index is 2.35. The number of nitrogens with two attached hydrogens (primary N) is 1. The van der Waals surface area contributed by atoms with E-state index in [0.29, 0.717) is 0 Å². The molecule has 1 aliphatic carbocycles. The van der Waals surface area contributed by atoms with Crippen molar-refractivity contribution >= 4 is 0 Å². The molecule has 3 N–H and O–H groups in total. The predicted octanol–water partition coefficient (Wildman–Crippen LogP) is 1.43. The van der Waals surface area contributed by atoms with Crippen LogP contribution in [0.3, 0.4) is 0 Å². The molecule has 5 nitrogen and oxygen atoms in total. The van der Waals surface area contributed by atoms with Crippen LogP contribution in [0, 0.1) is 5.92 Å². The number of aromatic nitrogens is 2. The van der Waals surface area contributed by atoms with Crippen LogP contribution in [0.4, 0.5) is 0 Å². The van der Waals surface area contributed by atoms with Crippen LogP contribution in [-0.4, -0.2) is 34.3 Å². The van der Waals surface area contributed by atoms with Gasteiger partial charge in [0.15, 0.2) is 0 Å². The normalized spacial score (nSPS) is 29.7. The third-order valence-electron chi connectivity index (χ3n) is 4.66. The fourth-order valence-electron chi connectivity index (χ4n) is 3.64. The largest absolute Gasteiger partial charge is 0.302 e. The molecule has 0 saturated heterocycles. The lowest BCUT2D eigenvalue weighted by molar-refractivity contribution is 0.0366. The van der Waals surface area contributed by atoms with Crippen molar-refractivity contribution in [2.24, 2.45) is 18.8 Å². The first-order chi connectivity index (χ1) is 8.99. The molecule has 0 radical (unpaired) electrons. The first kappa shape index (κ1) is 14.5. The summed E-state index contributed by atoms with van der Waals surface area (Å²) in [6, 6.07) is 0.124. The Morgan fingerprint density at radius 2 is 2.32 bits per heavy atom. The standard InChI is InChI=1S/C14H27N5/c1-11-6-5-7-14(8-11,18(2)3)13(17-15)12-9-16-19(4)10-12/h9-11,13,17H,5-8,15H2,1-4H3. The summed E-state index contributed by atoms with van der Waals surface area (Å²) < 4.78 is 1.84. The first-order valence-corrected chi connectivity index (χ1v) is 7.11. The summed E-state index contributed by atoms with van der Waals surface area (Å²) in [5, 5.41) is 4.29. The molecule has 0 aromatic carbocycles. The van der Waals surface area contributed by atoms with Crippen molar-refractivity contribution in [1.82, 2.24) is 20.1 Å². The van der Waals surface area contributed by atoms with Gasteiger partial charge in [-0.15, -0.1) is 0 Å². The van der Waals surface area contributed by atoms with Gasteiger partial charge in [0, 0.05) is 24.3 Å². The number of nitrogens with one attached hydrogen (secondary N) is 1. The maximum absolute atomic E-state index is 5.90. The molecule has 108 valence electrons. The lowest BCUT2D eigenvalue weighted by atomic mass is 9.70. The van der Waals surface area contributed by atoms with Gasteiger partial charge in [-0.2, -0.15) is 5.10 Å². The summed E-state index contributed by atoms with van der Waals surface area (Å²) in [5.41, 5.74) is 4.30. The van der Waals surface area contributed by atoms with E-state index in [-0.39, 0.29) is 11.6 Å². The molecule has 1 heterocycles. The molecule has 3 atom stereocenters. The molecule has 1 saturated carbocycles. The Labute approximate surface area is 116 Å². The van der Waals surface area contributed by atoms with Crippen LogP contribution < -0.4 is 11.3 Å². The van der Waals surface area contributed by atoms with E-state index in [4.69, 9.17) is 5.84 Å². The van der Waals surface area contributed by atoms with Crippen LogP contribution in [0.1, 0.15) is 44.2 Å². The Hall–Kier alpha value is -0.910. The molecule has 3 unspecified atom stereocenters. The highest BCUT2D eigenvalue weighted by Crippen LogP contribution is 2.43. The van der Waals surface area contributed by atoms with Gasteiger partial charge in [-0.3, -0.25) is 16.0 Å². The van der Waals surface area contributed by atoms with E-state index in [9.17, 15) is 0 Å². The van der Waals surface area contributed by atoms with Gasteiger partial charge in [-0.05, 0) is 32.9 Å². The number of hydrogen-bond acceptors (Lipinski definition) is 4. The molecule has 0 aliphatic heterocycles. The van der Waals surface area contributed by atoms with Crippen LogP contribution in [0.15, 0.2) is 12.4 Å². The van der Waals surface area contributed by atoms with E-state index in [1.54, 1.807) is 0 Å². The zero-order valence-electron chi connectivity index (χ0n) is 12.6. The fraction of sp³-hybridized carbons (Fsp3) is 0.786. The van der Waals surface area contributed by atoms with Crippen molar-refractivity contribution in [3.05, 3.63) is 18.0 Å². The summed E-state index contributed by atoms with van der Waals surface area (Å²) in [5.74, 6) is 6.64. The van der Waals surface area contributed by atoms with Crippen LogP contribution in [0.5, 0.6) is 0 Å². The molecule has 1 aromatic rings. The maximum Gasteiger partial charge on any atom is 0.0674 e. The predicted molar refractivity (Wildman–Crippen MR) is 77.3 cm³/mol. The Kier molecular flexibility index (Phi) is 4.28. The summed E-state index contributed by atoms with van der Waals surface area (Å²) >= 11 is 0. The van der Waals surface area contributed by atoms with Crippen LogP contribution in [0.25, 0.3) is 0 Å². The van der Waals surface area contributed by atoms with Gasteiger partial charge in [0.25, 0.3) is 0 Å². The third-order valence-corrected chi connectivity index (χ3v) is 4.66. The molecule has 0 spiro atoms. The molecule has 19 heavy (non-hydrogen) atoms. The monoisotopic (exact) mass is 265 g/mol. The average molecular weight is 265 g/mol. The number of likely N-dealkylation sites (N-methyl/N-ethyl adjacent to an activating group) is 1. The zero-order chi connectivity index (χ0) is 14.0. The van der Waals surface area contributed by atoms with E-state index in [1.165, 1.54) is 31.2 Å². The van der Waals surface area contributed by atoms with Gasteiger partial charge in [0.1, 0.15) is 0 Å². The van der Waals surface area contributed by atoms with Crippen molar-refractivity contribution in [2.75, 3.05) is 14.1 Å². The van der Waals surface area contributed by atoms with Gasteiger partial charge in [-0.1, -0.05) is 19.8 Å². The zero-order valence-corrected chi connectivity index (χ0v) is 12.6. The third kappa shape index (κ3) is 2.68. The van der Waals surface area contributed by atoms with Gasteiger partial charge in [-0.25, -0.2) is 0 Å². The highest BCUT2D eigenvalue weighted by molar-refractivity contribution is 5.18. The van der Waals surface area contributed by atoms with Crippen LogP contribution >= 0.6 is 0 Å². The number of hydrogen-bond donors (Lipinski definition) is 2. The highest BCUT2D eigenvalue weighted by Gasteiger charge is 2.44. The summed E-state index contributed by atoms with van der Waals surface area (Å²) in [6.07, 6.45) is 8.92. The van der Waals surface area contributed by atoms with Gasteiger partial charge in [0.2, 0.25) is 0 Å². The van der Waals surface area contributed by atoms with Gasteiger partial charge >= 0.3 is 0 Å². The Morgan fingerprint density at radius 1 is 1.58 bits per heavy atom. The second-order valence-electron chi connectivity index (χ2n) is 6.25. The topological polar surface area (TPSA) is 59.1 Å². The Bertz CT molecular complexity index is 414. The molecule has 5 heteroatoms. The van der Waals surface area contributed by atoms with Crippen LogP contribution in [0.2, 0.25) is 0 Å². The molecule has 1 fully saturated rings. The van der Waals surface area contributed by atoms with Gasteiger partial charge in [0.05, 0.1) is 12.2 Å². The van der Waals surface area contributed by atoms with Crippen molar-refractivity contribution in [2.45, 2.75) is 44.2 Å². The SMILES string of the molecule is CC1CCCC(C(NN)c2cnn(C)c2)(N(C)C)C1. The van der Waals surface area contributed by atoms with E-state index >= 15 is 0 Å². The molecule has 1 aliphatic rings. The molecular formula is C14H27N5. The second kappa shape index (κ2) is 5.61. The van der Waals surface area contributed by atoms with E-state index in [0.717, 1.165) is 5.92 Å². The lowest BCUT2D eigenvalue weighted by Crippen LogP contribution is -2.57. The lowest BCUT2D eigenvalue weighted by Gasteiger charge is -2.49. The number of aryl methyl sites for hydroxylation is 1. The fourth-order valence-corrected chi connectivity index (χ4v) is 3.64. The van der Waals surface area contributed by atoms with E-state index < -0.39 is 0 Å². The van der Waals surface area contributed by atoms with Crippen molar-refractivity contribution in [1.29, 1.82) is 0 Å². The smallest absolute Gasteiger partial charge is 0.0674 e. The quantitative estimate of drug-likeness (QED) is 0.639. The van der Waals surface area contributed by atoms with Crippen molar-refractivity contribution in [3.63, 3.8) is 0 Å². The second-order valence-corrected chi connectivity index (χ2v) is 6.25. The summed E-state index contributed by atoms with van der Waals surface area (Å²) in [4.78, 5) is 2.35. The first-order valence-electron chi connectivity index (χ1n) is 7.11. The molecule has 2 rings (SSSR count). The molecule has 0 amide bonds. The van der Waals surface area contributed by atoms with Crippen molar-refractivity contribution in [3.8, 4) is 0 Å². The number of rotatable bonds is 4. The van der Waals surface area contributed by atoms with E-state index in [1.807, 2.05) is 17.9 Å². The minimum Gasteiger partial charge on any atom is -0.302 e. The molecular weight excluding hydrogens is 238 g/mol. The summed E-state index contributed by atoms with van der Waals surface area (Å²) in [6.45, 7) is 2.34. The average Bonchev–Trinajstić information content (AvgIpc) is 2.76. The molecule has 0 bridgehead atoms. The van der Waals surface area contributed by atoms with Gasteiger partial charge < -0.3 is 4.90 Å². The van der Waals surface area contributed by atoms with E-state index in [2.05, 4.69) is 42.6 Å². The molecule has 1 aromatic heterocycles. The van der Waals surface area contributed by atoms with Crippen molar-refractivity contribution < 1.29 is 0 Å². The maximum atomic E-state index is 5.90.